The van der Waals surface area contributed by atoms with Crippen molar-refractivity contribution in [3.63, 3.8) is 0 Å². The van der Waals surface area contributed by atoms with Crippen molar-refractivity contribution in [3.8, 4) is 0 Å². The fourth-order valence-electron chi connectivity index (χ4n) is 0. The third-order valence-corrected chi connectivity index (χ3v) is 0. The van der Waals surface area contributed by atoms with E-state index in [2.05, 4.69) is 0 Å². The maximum Gasteiger partial charge on any atom is 2.00 e. The molecule has 13 heavy (non-hydrogen) atoms. The summed E-state index contributed by atoms with van der Waals surface area (Å²) in [5.41, 5.74) is 0. The van der Waals surface area contributed by atoms with Crippen LogP contribution in [0.5, 0.6) is 0 Å². The number of rotatable bonds is 0. The Morgan fingerprint density at radius 3 is 0.615 bits per heavy atom. The molecule has 0 heterocycles. The second-order valence-corrected chi connectivity index (χ2v) is 1.000. The molecule has 0 saturated heterocycles. The van der Waals surface area contributed by atoms with Crippen molar-refractivity contribution in [3.05, 3.63) is 0 Å². The Balaban J connectivity index is -0.0000000450. The topological polar surface area (TPSA) is 188 Å². The van der Waals surface area contributed by atoms with E-state index in [0.717, 1.165) is 0 Å². The molecule has 0 saturated carbocycles. The maximum atomic E-state index is 8.53. The van der Waals surface area contributed by atoms with Crippen LogP contribution in [0.2, 0.25) is 0 Å². The Morgan fingerprint density at radius 1 is 0.615 bits per heavy atom. The predicted octanol–water partition coefficient (Wildman–Crippen LogP) is -7.80. The Morgan fingerprint density at radius 2 is 0.615 bits per heavy atom. The first-order valence-corrected chi connectivity index (χ1v) is 2.28. The minimum absolute atomic E-state index is 0. The molecular formula is H7B3CaO9. The van der Waals surface area contributed by atoms with Gasteiger partial charge >= 0.3 is 52.4 Å². The summed E-state index contributed by atoms with van der Waals surface area (Å²) >= 11 is 0. The summed E-state index contributed by atoms with van der Waals surface area (Å²) in [5.74, 6) is 0. The molecule has 9 nitrogen and oxygen atoms in total. The summed E-state index contributed by atoms with van der Waals surface area (Å²) in [6.45, 7) is 0. The third kappa shape index (κ3) is 1350. The Hall–Kier alpha value is 1.09. The number of hydrogen-bond donors (Lipinski definition) is 7. The molecule has 0 aromatic rings. The summed E-state index contributed by atoms with van der Waals surface area (Å²) in [6.07, 6.45) is 0. The quantitative estimate of drug-likeness (QED) is 0.196. The van der Waals surface area contributed by atoms with E-state index in [1.54, 1.807) is 0 Å². The average molecular weight is 224 g/mol. The van der Waals surface area contributed by atoms with Crippen LogP contribution in [0.1, 0.15) is 0 Å². The van der Waals surface area contributed by atoms with Gasteiger partial charge < -0.3 is 45.2 Å². The van der Waals surface area contributed by atoms with Crippen LogP contribution < -0.4 is 10.0 Å². The van der Waals surface area contributed by atoms with Gasteiger partial charge in [-0.05, 0) is 0 Å². The molecule has 0 bridgehead atoms. The molecule has 0 radical (unpaired) electrons. The second-order valence-electron chi connectivity index (χ2n) is 1.000. The van der Waals surface area contributed by atoms with E-state index in [1.807, 2.05) is 0 Å². The first kappa shape index (κ1) is 23.7. The molecule has 0 atom stereocenters. The van der Waals surface area contributed by atoms with Crippen molar-refractivity contribution >= 4 is 59.7 Å². The SMILES string of the molecule is OB(O)O.OB(O)O.[Ca+2].[O-]B([O-])O. The van der Waals surface area contributed by atoms with E-state index in [4.69, 9.17) is 45.2 Å². The molecule has 0 aromatic carbocycles. The molecule has 0 spiro atoms. The minimum Gasteiger partial charge on any atom is -0.871 e. The molecule has 0 unspecified atom stereocenters. The molecule has 0 fully saturated rings. The van der Waals surface area contributed by atoms with Crippen LogP contribution in [0.4, 0.5) is 0 Å². The van der Waals surface area contributed by atoms with Gasteiger partial charge in [0.15, 0.2) is 0 Å². The van der Waals surface area contributed by atoms with Crippen molar-refractivity contribution in [2.24, 2.45) is 0 Å². The fraction of sp³-hybridized carbons (Fsp3) is 0. The van der Waals surface area contributed by atoms with Crippen LogP contribution in [-0.2, 0) is 0 Å². The molecular weight excluding hydrogens is 217 g/mol. The van der Waals surface area contributed by atoms with Crippen LogP contribution in [-0.4, -0.2) is 94.9 Å². The van der Waals surface area contributed by atoms with Gasteiger partial charge in [-0.2, -0.15) is 0 Å². The summed E-state index contributed by atoms with van der Waals surface area (Å²) in [6, 6.07) is 0. The Labute approximate surface area is 104 Å². The smallest absolute Gasteiger partial charge is 0.871 e. The van der Waals surface area contributed by atoms with Gasteiger partial charge in [-0.25, -0.2) is 0 Å². The second kappa shape index (κ2) is 18.8. The van der Waals surface area contributed by atoms with Crippen LogP contribution in [0.3, 0.4) is 0 Å². The molecule has 0 aliphatic carbocycles. The molecule has 0 amide bonds. The molecule has 72 valence electrons. The van der Waals surface area contributed by atoms with Crippen molar-refractivity contribution < 1.29 is 45.2 Å². The standard InChI is InChI=1S/2BH3O3.BHO3.Ca/c3*2-1(3)4;/h2*2-4H;2H;/q;;-2;+2. The van der Waals surface area contributed by atoms with E-state index < -0.39 is 22.0 Å². The first-order valence-electron chi connectivity index (χ1n) is 2.28. The van der Waals surface area contributed by atoms with Crippen LogP contribution in [0.15, 0.2) is 0 Å². The van der Waals surface area contributed by atoms with Crippen molar-refractivity contribution in [2.75, 3.05) is 0 Å². The molecule has 0 aromatic heterocycles. The molecule has 13 heteroatoms. The van der Waals surface area contributed by atoms with Crippen molar-refractivity contribution in [1.82, 2.24) is 0 Å². The van der Waals surface area contributed by atoms with Gasteiger partial charge in [-0.15, -0.1) is 0 Å². The van der Waals surface area contributed by atoms with Crippen LogP contribution in [0.25, 0.3) is 0 Å². The van der Waals surface area contributed by atoms with Gasteiger partial charge in [0.05, 0.1) is 7.32 Å². The average Bonchev–Trinajstić information content (AvgIpc) is 1.54. The molecule has 0 aliphatic rings. The van der Waals surface area contributed by atoms with E-state index in [0.29, 0.717) is 0 Å². The normalized spacial score (nSPS) is 6.23. The van der Waals surface area contributed by atoms with Crippen molar-refractivity contribution in [2.45, 2.75) is 0 Å². The Bertz CT molecular complexity index is 43.4. The predicted molar refractivity (Wildman–Crippen MR) is 38.5 cm³/mol. The maximum absolute atomic E-state index is 8.53. The van der Waals surface area contributed by atoms with Gasteiger partial charge in [0.2, 0.25) is 0 Å². The van der Waals surface area contributed by atoms with Gasteiger partial charge in [-0.3, -0.25) is 0 Å². The zero-order chi connectivity index (χ0) is 10.7. The van der Waals surface area contributed by atoms with E-state index in [9.17, 15) is 0 Å². The summed E-state index contributed by atoms with van der Waals surface area (Å²) in [5, 5.41) is 67.0. The van der Waals surface area contributed by atoms with Crippen molar-refractivity contribution in [1.29, 1.82) is 0 Å². The van der Waals surface area contributed by atoms with Gasteiger partial charge in [0, 0.05) is 0 Å². The minimum atomic E-state index is -2.67. The fourth-order valence-corrected chi connectivity index (χ4v) is 0. The zero-order valence-electron chi connectivity index (χ0n) is 6.39. The van der Waals surface area contributed by atoms with E-state index >= 15 is 0 Å². The van der Waals surface area contributed by atoms with Crippen LogP contribution in [0, 0.1) is 0 Å². The zero-order valence-corrected chi connectivity index (χ0v) is 8.59. The van der Waals surface area contributed by atoms with Gasteiger partial charge in [0.1, 0.15) is 0 Å². The van der Waals surface area contributed by atoms with E-state index in [-0.39, 0.29) is 37.7 Å². The molecule has 7 N–H and O–H groups in total. The Kier molecular flexibility index (Phi) is 34.3. The summed E-state index contributed by atoms with van der Waals surface area (Å²) in [7, 11) is -7.00. The monoisotopic (exact) mass is 224 g/mol. The third-order valence-electron chi connectivity index (χ3n) is 0. The molecule has 0 aliphatic heterocycles. The number of hydrogen-bond acceptors (Lipinski definition) is 9. The summed E-state index contributed by atoms with van der Waals surface area (Å²) < 4.78 is 0. The van der Waals surface area contributed by atoms with Crippen LogP contribution >= 0.6 is 0 Å². The first-order chi connectivity index (χ1) is 5.20. The molecule has 0 rings (SSSR count). The largest absolute Gasteiger partial charge is 2.00 e. The van der Waals surface area contributed by atoms with Gasteiger partial charge in [-0.1, -0.05) is 0 Å². The van der Waals surface area contributed by atoms with E-state index in [1.165, 1.54) is 0 Å². The summed E-state index contributed by atoms with van der Waals surface area (Å²) in [4.78, 5) is 0. The van der Waals surface area contributed by atoms with Gasteiger partial charge in [0.25, 0.3) is 0 Å².